The summed E-state index contributed by atoms with van der Waals surface area (Å²) in [5.41, 5.74) is 3.35. The van der Waals surface area contributed by atoms with Gasteiger partial charge in [-0.3, -0.25) is 0 Å². The lowest BCUT2D eigenvalue weighted by molar-refractivity contribution is 0.498. The van der Waals surface area contributed by atoms with Crippen molar-refractivity contribution < 1.29 is 4.55 Å². The first-order chi connectivity index (χ1) is 7.43. The molecule has 0 bridgehead atoms. The molecule has 0 aromatic heterocycles. The molecule has 0 saturated carbocycles. The van der Waals surface area contributed by atoms with Crippen LogP contribution in [0.25, 0.3) is 0 Å². The van der Waals surface area contributed by atoms with Crippen molar-refractivity contribution in [2.24, 2.45) is 5.92 Å². The predicted molar refractivity (Wildman–Crippen MR) is 80.8 cm³/mol. The standard InChI is InChI=1S/C13H27NOSSi/c1-11(2)12(9-10-17(6,7)8)14-16(15)13(3,4)5/h11-12,14H,1-8H3. The molecule has 0 aliphatic rings. The van der Waals surface area contributed by atoms with Crippen molar-refractivity contribution in [3.8, 4) is 11.5 Å². The maximum atomic E-state index is 12.0. The maximum Gasteiger partial charge on any atom is 0.136 e. The van der Waals surface area contributed by atoms with Gasteiger partial charge in [-0.15, -0.1) is 10.3 Å². The summed E-state index contributed by atoms with van der Waals surface area (Å²) in [7, 11) is -1.36. The van der Waals surface area contributed by atoms with Crippen LogP contribution in [-0.4, -0.2) is 23.4 Å². The first-order valence-corrected chi connectivity index (χ1v) is 10.8. The highest BCUT2D eigenvalue weighted by Gasteiger charge is 2.29. The third kappa shape index (κ3) is 7.88. The lowest BCUT2D eigenvalue weighted by atomic mass is 10.1. The van der Waals surface area contributed by atoms with Crippen molar-refractivity contribution in [1.82, 2.24) is 4.72 Å². The lowest BCUT2D eigenvalue weighted by Crippen LogP contribution is -2.46. The van der Waals surface area contributed by atoms with Crippen molar-refractivity contribution in [1.29, 1.82) is 0 Å². The van der Waals surface area contributed by atoms with Crippen molar-refractivity contribution in [2.75, 3.05) is 0 Å². The molecule has 0 radical (unpaired) electrons. The monoisotopic (exact) mass is 273 g/mol. The van der Waals surface area contributed by atoms with Gasteiger partial charge in [-0.1, -0.05) is 39.4 Å². The van der Waals surface area contributed by atoms with Crippen LogP contribution in [0, 0.1) is 17.4 Å². The Labute approximate surface area is 111 Å². The molecule has 2 unspecified atom stereocenters. The Morgan fingerprint density at radius 3 is 1.94 bits per heavy atom. The quantitative estimate of drug-likeness (QED) is 0.487. The van der Waals surface area contributed by atoms with E-state index in [-0.39, 0.29) is 10.8 Å². The van der Waals surface area contributed by atoms with Gasteiger partial charge in [0.15, 0.2) is 0 Å². The number of hydrogen-bond donors (Lipinski definition) is 1. The molecule has 0 heterocycles. The molecule has 17 heavy (non-hydrogen) atoms. The molecule has 1 N–H and O–H groups in total. The van der Waals surface area contributed by atoms with Crippen LogP contribution in [0.2, 0.25) is 19.6 Å². The number of nitrogens with one attached hydrogen (secondary N) is 1. The van der Waals surface area contributed by atoms with Gasteiger partial charge in [0.1, 0.15) is 18.9 Å². The molecule has 4 heteroatoms. The van der Waals surface area contributed by atoms with E-state index < -0.39 is 19.4 Å². The summed E-state index contributed by atoms with van der Waals surface area (Å²) < 4.78 is 15.0. The van der Waals surface area contributed by atoms with Crippen LogP contribution >= 0.6 is 0 Å². The predicted octanol–water partition coefficient (Wildman–Crippen LogP) is 2.94. The van der Waals surface area contributed by atoms with Gasteiger partial charge in [-0.25, -0.2) is 0 Å². The normalized spacial score (nSPS) is 16.4. The van der Waals surface area contributed by atoms with Gasteiger partial charge >= 0.3 is 0 Å². The lowest BCUT2D eigenvalue weighted by Gasteiger charge is -2.27. The molecule has 0 aromatic rings. The van der Waals surface area contributed by atoms with Crippen molar-refractivity contribution in [3.05, 3.63) is 0 Å². The first kappa shape index (κ1) is 17.0. The Hall–Kier alpha value is 0.0469. The largest absolute Gasteiger partial charge is 0.598 e. The summed E-state index contributed by atoms with van der Waals surface area (Å²) in [4.78, 5) is 0. The van der Waals surface area contributed by atoms with E-state index in [0.29, 0.717) is 5.92 Å². The summed E-state index contributed by atoms with van der Waals surface area (Å²) in [6.45, 7) is 16.8. The van der Waals surface area contributed by atoms with E-state index in [1.165, 1.54) is 0 Å². The third-order valence-electron chi connectivity index (χ3n) is 2.06. The Bertz CT molecular complexity index is 293. The van der Waals surface area contributed by atoms with Gasteiger partial charge in [0, 0.05) is 11.4 Å². The fourth-order valence-corrected chi connectivity index (χ4v) is 2.42. The second-order valence-electron chi connectivity index (χ2n) is 6.74. The molecule has 2 atom stereocenters. The van der Waals surface area contributed by atoms with Crippen LogP contribution in [0.15, 0.2) is 0 Å². The van der Waals surface area contributed by atoms with Crippen molar-refractivity contribution in [3.63, 3.8) is 0 Å². The van der Waals surface area contributed by atoms with Crippen molar-refractivity contribution >= 4 is 19.4 Å². The highest BCUT2D eigenvalue weighted by molar-refractivity contribution is 7.90. The van der Waals surface area contributed by atoms with Gasteiger partial charge in [-0.05, 0) is 26.7 Å². The topological polar surface area (TPSA) is 35.1 Å². The summed E-state index contributed by atoms with van der Waals surface area (Å²) in [5, 5.41) is 0. The van der Waals surface area contributed by atoms with Crippen LogP contribution in [0.4, 0.5) is 0 Å². The molecule has 0 aromatic carbocycles. The van der Waals surface area contributed by atoms with Crippen LogP contribution < -0.4 is 4.72 Å². The molecule has 0 rings (SSSR count). The van der Waals surface area contributed by atoms with Gasteiger partial charge in [0.25, 0.3) is 0 Å². The minimum absolute atomic E-state index is 0.0155. The fraction of sp³-hybridized carbons (Fsp3) is 0.846. The third-order valence-corrected chi connectivity index (χ3v) is 4.53. The molecule has 2 nitrogen and oxygen atoms in total. The Morgan fingerprint density at radius 2 is 1.65 bits per heavy atom. The van der Waals surface area contributed by atoms with E-state index in [2.05, 4.69) is 49.7 Å². The van der Waals surface area contributed by atoms with E-state index in [4.69, 9.17) is 0 Å². The molecule has 0 saturated heterocycles. The molecule has 100 valence electrons. The van der Waals surface area contributed by atoms with Crippen LogP contribution in [0.5, 0.6) is 0 Å². The summed E-state index contributed by atoms with van der Waals surface area (Å²) in [6, 6.07) is 0.0155. The maximum absolute atomic E-state index is 12.0. The zero-order chi connectivity index (χ0) is 13.9. The van der Waals surface area contributed by atoms with E-state index in [9.17, 15) is 4.55 Å². The summed E-state index contributed by atoms with van der Waals surface area (Å²) in [5.74, 6) is 3.64. The Balaban J connectivity index is 4.72. The van der Waals surface area contributed by atoms with E-state index in [0.717, 1.165) is 0 Å². The molecular formula is C13H27NOSSi. The highest BCUT2D eigenvalue weighted by Crippen LogP contribution is 2.15. The van der Waals surface area contributed by atoms with Crippen LogP contribution in [-0.2, 0) is 11.4 Å². The fourth-order valence-electron chi connectivity index (χ4n) is 0.919. The van der Waals surface area contributed by atoms with Gasteiger partial charge in [-0.2, -0.15) is 0 Å². The second kappa shape index (κ2) is 6.28. The molecule has 0 spiro atoms. The average Bonchev–Trinajstić information content (AvgIpc) is 2.07. The number of rotatable bonds is 3. The highest BCUT2D eigenvalue weighted by atomic mass is 32.2. The van der Waals surface area contributed by atoms with E-state index in [1.54, 1.807) is 0 Å². The van der Waals surface area contributed by atoms with Crippen LogP contribution in [0.1, 0.15) is 34.6 Å². The number of hydrogen-bond acceptors (Lipinski definition) is 2. The molecule has 0 fully saturated rings. The van der Waals surface area contributed by atoms with E-state index >= 15 is 0 Å². The molecular weight excluding hydrogens is 246 g/mol. The van der Waals surface area contributed by atoms with Crippen molar-refractivity contribution in [2.45, 2.75) is 65.0 Å². The smallest absolute Gasteiger partial charge is 0.136 e. The molecule has 0 aliphatic carbocycles. The van der Waals surface area contributed by atoms with E-state index in [1.807, 2.05) is 20.8 Å². The van der Waals surface area contributed by atoms with Gasteiger partial charge < -0.3 is 4.55 Å². The first-order valence-electron chi connectivity index (χ1n) is 6.14. The second-order valence-corrected chi connectivity index (χ2v) is 13.5. The molecule has 0 aliphatic heterocycles. The zero-order valence-electron chi connectivity index (χ0n) is 12.5. The molecule has 0 amide bonds. The summed E-state index contributed by atoms with van der Waals surface area (Å²) >= 11 is -1.05. The SMILES string of the molecule is CC(C)C(C#C[Si](C)(C)C)N[S+]([O-])C(C)(C)C. The minimum atomic E-state index is -1.36. The average molecular weight is 274 g/mol. The minimum Gasteiger partial charge on any atom is -0.598 e. The van der Waals surface area contributed by atoms with Gasteiger partial charge in [0.2, 0.25) is 0 Å². The van der Waals surface area contributed by atoms with Gasteiger partial charge in [0.05, 0.1) is 0 Å². The zero-order valence-corrected chi connectivity index (χ0v) is 14.3. The Kier molecular flexibility index (Phi) is 6.30. The summed E-state index contributed by atoms with van der Waals surface area (Å²) in [6.07, 6.45) is 0. The Morgan fingerprint density at radius 1 is 1.18 bits per heavy atom. The van der Waals surface area contributed by atoms with Crippen LogP contribution in [0.3, 0.4) is 0 Å².